The zero-order chi connectivity index (χ0) is 11.5. The second-order valence-electron chi connectivity index (χ2n) is 4.26. The maximum Gasteiger partial charge on any atom is 0.0629 e. The number of aromatic nitrogens is 2. The highest BCUT2D eigenvalue weighted by molar-refractivity contribution is 5.32. The molecule has 2 rings (SSSR count). The maximum atomic E-state index is 4.22. The highest BCUT2D eigenvalue weighted by Gasteiger charge is 2.06. The van der Waals surface area contributed by atoms with E-state index in [1.165, 1.54) is 22.4 Å². The van der Waals surface area contributed by atoms with E-state index < -0.39 is 0 Å². The van der Waals surface area contributed by atoms with Gasteiger partial charge in [0.1, 0.15) is 0 Å². The van der Waals surface area contributed by atoms with Gasteiger partial charge in [-0.3, -0.25) is 5.10 Å². The summed E-state index contributed by atoms with van der Waals surface area (Å²) in [5.41, 5.74) is 6.35. The molecule has 1 aromatic heterocycles. The number of aryl methyl sites for hydroxylation is 3. The van der Waals surface area contributed by atoms with E-state index in [-0.39, 0.29) is 0 Å². The summed E-state index contributed by atoms with van der Waals surface area (Å²) in [5.74, 6) is 0. The number of hydrogen-bond acceptors (Lipinski definition) is 1. The van der Waals surface area contributed by atoms with Crippen molar-refractivity contribution in [2.45, 2.75) is 33.6 Å². The molecule has 0 saturated heterocycles. The van der Waals surface area contributed by atoms with Crippen LogP contribution >= 0.6 is 0 Å². The maximum absolute atomic E-state index is 4.22. The Labute approximate surface area is 96.7 Å². The molecular formula is C14H18N2. The van der Waals surface area contributed by atoms with Crippen molar-refractivity contribution in [1.29, 1.82) is 0 Å². The molecule has 1 aromatic carbocycles. The zero-order valence-electron chi connectivity index (χ0n) is 10.2. The molecule has 2 heteroatoms. The molecule has 0 radical (unpaired) electrons. The molecule has 0 spiro atoms. The minimum Gasteiger partial charge on any atom is -0.282 e. The summed E-state index contributed by atoms with van der Waals surface area (Å²) in [7, 11) is 0. The monoisotopic (exact) mass is 214 g/mol. The number of nitrogens with one attached hydrogen (secondary N) is 1. The van der Waals surface area contributed by atoms with Crippen molar-refractivity contribution in [1.82, 2.24) is 10.2 Å². The Bertz CT molecular complexity index is 446. The standard InChI is InChI=1S/C14H18N2/c1-4-12-5-7-13(8-6-12)9-14-10(2)15-16-11(14)3/h5-8H,4,9H2,1-3H3,(H,15,16). The van der Waals surface area contributed by atoms with Gasteiger partial charge in [0.15, 0.2) is 0 Å². The van der Waals surface area contributed by atoms with Gasteiger partial charge in [-0.25, -0.2) is 0 Å². The molecule has 16 heavy (non-hydrogen) atoms. The minimum absolute atomic E-state index is 0.970. The van der Waals surface area contributed by atoms with Crippen LogP contribution in [0.3, 0.4) is 0 Å². The van der Waals surface area contributed by atoms with E-state index >= 15 is 0 Å². The molecule has 0 aliphatic rings. The Kier molecular flexibility index (Phi) is 3.09. The summed E-state index contributed by atoms with van der Waals surface area (Å²) >= 11 is 0. The Morgan fingerprint density at radius 2 is 1.69 bits per heavy atom. The first-order chi connectivity index (χ1) is 7.70. The van der Waals surface area contributed by atoms with Crippen LogP contribution < -0.4 is 0 Å². The van der Waals surface area contributed by atoms with Crippen molar-refractivity contribution >= 4 is 0 Å². The Morgan fingerprint density at radius 3 is 2.19 bits per heavy atom. The number of benzene rings is 1. The quantitative estimate of drug-likeness (QED) is 0.835. The fourth-order valence-electron chi connectivity index (χ4n) is 1.93. The molecule has 1 N–H and O–H groups in total. The summed E-state index contributed by atoms with van der Waals surface area (Å²) in [6.45, 7) is 6.31. The van der Waals surface area contributed by atoms with E-state index in [2.05, 4.69) is 55.2 Å². The minimum atomic E-state index is 0.970. The Hall–Kier alpha value is -1.57. The van der Waals surface area contributed by atoms with Gasteiger partial charge < -0.3 is 0 Å². The van der Waals surface area contributed by atoms with Crippen LogP contribution in [0.25, 0.3) is 0 Å². The number of rotatable bonds is 3. The molecule has 2 aromatic rings. The van der Waals surface area contributed by atoms with Crippen molar-refractivity contribution in [3.8, 4) is 0 Å². The van der Waals surface area contributed by atoms with E-state index in [9.17, 15) is 0 Å². The van der Waals surface area contributed by atoms with Crippen molar-refractivity contribution in [3.63, 3.8) is 0 Å². The molecule has 0 aliphatic heterocycles. The molecule has 0 amide bonds. The second kappa shape index (κ2) is 4.52. The summed E-state index contributed by atoms with van der Waals surface area (Å²) in [5, 5.41) is 7.25. The largest absolute Gasteiger partial charge is 0.282 e. The van der Waals surface area contributed by atoms with Gasteiger partial charge in [0.05, 0.1) is 5.69 Å². The fraction of sp³-hybridized carbons (Fsp3) is 0.357. The molecule has 0 fully saturated rings. The predicted molar refractivity (Wildman–Crippen MR) is 66.7 cm³/mol. The van der Waals surface area contributed by atoms with Crippen molar-refractivity contribution in [2.24, 2.45) is 0 Å². The number of H-pyrrole nitrogens is 1. The van der Waals surface area contributed by atoms with Gasteiger partial charge in [-0.2, -0.15) is 5.10 Å². The molecule has 84 valence electrons. The van der Waals surface area contributed by atoms with Crippen LogP contribution in [0.5, 0.6) is 0 Å². The fourth-order valence-corrected chi connectivity index (χ4v) is 1.93. The molecule has 0 bridgehead atoms. The van der Waals surface area contributed by atoms with Gasteiger partial charge in [-0.15, -0.1) is 0 Å². The molecule has 0 aliphatic carbocycles. The molecule has 0 saturated carbocycles. The van der Waals surface area contributed by atoms with E-state index in [1.807, 2.05) is 0 Å². The third kappa shape index (κ3) is 2.16. The van der Waals surface area contributed by atoms with Gasteiger partial charge in [-0.05, 0) is 31.4 Å². The summed E-state index contributed by atoms with van der Waals surface area (Å²) in [4.78, 5) is 0. The lowest BCUT2D eigenvalue weighted by atomic mass is 10.0. The van der Waals surface area contributed by atoms with Gasteiger partial charge in [0.25, 0.3) is 0 Å². The van der Waals surface area contributed by atoms with Gasteiger partial charge in [-0.1, -0.05) is 31.2 Å². The van der Waals surface area contributed by atoms with Crippen LogP contribution in [-0.2, 0) is 12.8 Å². The molecular weight excluding hydrogens is 196 g/mol. The number of nitrogens with zero attached hydrogens (tertiary/aromatic N) is 1. The summed E-state index contributed by atoms with van der Waals surface area (Å²) in [6, 6.07) is 8.84. The predicted octanol–water partition coefficient (Wildman–Crippen LogP) is 3.18. The first-order valence-corrected chi connectivity index (χ1v) is 5.79. The smallest absolute Gasteiger partial charge is 0.0629 e. The van der Waals surface area contributed by atoms with Crippen LogP contribution in [0.4, 0.5) is 0 Å². The van der Waals surface area contributed by atoms with Crippen molar-refractivity contribution < 1.29 is 0 Å². The lowest BCUT2D eigenvalue weighted by molar-refractivity contribution is 1.02. The Balaban J connectivity index is 2.20. The normalized spacial score (nSPS) is 10.7. The highest BCUT2D eigenvalue weighted by atomic mass is 15.1. The topological polar surface area (TPSA) is 28.7 Å². The van der Waals surface area contributed by atoms with Crippen LogP contribution in [0.1, 0.15) is 35.0 Å². The third-order valence-electron chi connectivity index (χ3n) is 3.09. The number of hydrogen-bond donors (Lipinski definition) is 1. The second-order valence-corrected chi connectivity index (χ2v) is 4.26. The average molecular weight is 214 g/mol. The van der Waals surface area contributed by atoms with E-state index in [1.54, 1.807) is 0 Å². The molecule has 0 atom stereocenters. The van der Waals surface area contributed by atoms with E-state index in [4.69, 9.17) is 0 Å². The van der Waals surface area contributed by atoms with Crippen molar-refractivity contribution in [2.75, 3.05) is 0 Å². The van der Waals surface area contributed by atoms with Gasteiger partial charge in [0.2, 0.25) is 0 Å². The lowest BCUT2D eigenvalue weighted by Crippen LogP contribution is -1.92. The van der Waals surface area contributed by atoms with Crippen LogP contribution in [0.15, 0.2) is 24.3 Å². The SMILES string of the molecule is CCc1ccc(Cc2c(C)n[nH]c2C)cc1. The first kappa shape index (κ1) is 10.9. The zero-order valence-corrected chi connectivity index (χ0v) is 10.2. The molecule has 1 heterocycles. The van der Waals surface area contributed by atoms with Crippen LogP contribution in [0.2, 0.25) is 0 Å². The van der Waals surface area contributed by atoms with E-state index in [0.29, 0.717) is 0 Å². The van der Waals surface area contributed by atoms with Gasteiger partial charge in [0, 0.05) is 17.7 Å². The van der Waals surface area contributed by atoms with Crippen molar-refractivity contribution in [3.05, 3.63) is 52.3 Å². The van der Waals surface area contributed by atoms with E-state index in [0.717, 1.165) is 18.5 Å². The van der Waals surface area contributed by atoms with Gasteiger partial charge >= 0.3 is 0 Å². The lowest BCUT2D eigenvalue weighted by Gasteiger charge is -2.03. The molecule has 2 nitrogen and oxygen atoms in total. The summed E-state index contributed by atoms with van der Waals surface area (Å²) in [6.07, 6.45) is 2.07. The third-order valence-corrected chi connectivity index (χ3v) is 3.09. The van der Waals surface area contributed by atoms with Crippen LogP contribution in [0, 0.1) is 13.8 Å². The highest BCUT2D eigenvalue weighted by Crippen LogP contribution is 2.16. The average Bonchev–Trinajstić information content (AvgIpc) is 2.62. The van der Waals surface area contributed by atoms with Crippen LogP contribution in [-0.4, -0.2) is 10.2 Å². The number of aromatic amines is 1. The molecule has 0 unspecified atom stereocenters. The Morgan fingerprint density at radius 1 is 1.06 bits per heavy atom. The summed E-state index contributed by atoms with van der Waals surface area (Å²) < 4.78 is 0. The first-order valence-electron chi connectivity index (χ1n) is 5.79.